The lowest BCUT2D eigenvalue weighted by molar-refractivity contribution is 0.303. The van der Waals surface area contributed by atoms with Crippen LogP contribution in [0.15, 0.2) is 22.7 Å². The third kappa shape index (κ3) is 2.22. The maximum absolute atomic E-state index is 8.71. The van der Waals surface area contributed by atoms with Crippen molar-refractivity contribution in [1.29, 1.82) is 5.26 Å². The first kappa shape index (κ1) is 8.58. The molecule has 1 aromatic rings. The summed E-state index contributed by atoms with van der Waals surface area (Å²) in [6, 6.07) is 7.52. The molecule has 66 valence electrons. The fourth-order valence-electron chi connectivity index (χ4n) is 1.07. The lowest BCUT2D eigenvalue weighted by atomic mass is 10.2. The Kier molecular flexibility index (Phi) is 2.24. The van der Waals surface area contributed by atoms with Crippen molar-refractivity contribution in [3.8, 4) is 11.8 Å². The molecule has 0 spiro atoms. The third-order valence-corrected chi connectivity index (χ3v) is 2.29. The van der Waals surface area contributed by atoms with Gasteiger partial charge in [0, 0.05) is 4.47 Å². The predicted octanol–water partition coefficient (Wildman–Crippen LogP) is 2.86. The van der Waals surface area contributed by atoms with E-state index in [1.807, 2.05) is 6.07 Å². The Morgan fingerprint density at radius 1 is 1.38 bits per heavy atom. The van der Waals surface area contributed by atoms with Crippen molar-refractivity contribution in [3.63, 3.8) is 0 Å². The number of halogens is 1. The number of hydrogen-bond acceptors (Lipinski definition) is 2. The zero-order chi connectivity index (χ0) is 9.26. The van der Waals surface area contributed by atoms with Crippen molar-refractivity contribution >= 4 is 15.9 Å². The van der Waals surface area contributed by atoms with Crippen molar-refractivity contribution in [1.82, 2.24) is 0 Å². The van der Waals surface area contributed by atoms with E-state index in [2.05, 4.69) is 22.0 Å². The second-order valence-electron chi connectivity index (χ2n) is 3.10. The topological polar surface area (TPSA) is 33.0 Å². The summed E-state index contributed by atoms with van der Waals surface area (Å²) in [6.45, 7) is 0. The van der Waals surface area contributed by atoms with Crippen LogP contribution in [0.5, 0.6) is 5.75 Å². The van der Waals surface area contributed by atoms with Crippen LogP contribution in [0.4, 0.5) is 0 Å². The molecule has 2 nitrogen and oxygen atoms in total. The maximum Gasteiger partial charge on any atom is 0.122 e. The van der Waals surface area contributed by atoms with E-state index in [0.29, 0.717) is 11.7 Å². The largest absolute Gasteiger partial charge is 0.490 e. The second kappa shape index (κ2) is 3.39. The molecule has 1 aromatic carbocycles. The molecule has 0 aliphatic heterocycles. The summed E-state index contributed by atoms with van der Waals surface area (Å²) in [5.74, 6) is 0.786. The van der Waals surface area contributed by atoms with E-state index in [-0.39, 0.29) is 0 Å². The van der Waals surface area contributed by atoms with Crippen molar-refractivity contribution in [2.75, 3.05) is 0 Å². The lowest BCUT2D eigenvalue weighted by Gasteiger charge is -2.04. The minimum atomic E-state index is 0.376. The van der Waals surface area contributed by atoms with Gasteiger partial charge in [0.05, 0.1) is 17.7 Å². The quantitative estimate of drug-likeness (QED) is 0.793. The second-order valence-corrected chi connectivity index (χ2v) is 4.02. The summed E-state index contributed by atoms with van der Waals surface area (Å²) >= 11 is 3.33. The SMILES string of the molecule is N#Cc1cc(Br)cc(OC2CC2)c1. The van der Waals surface area contributed by atoms with Gasteiger partial charge in [0.2, 0.25) is 0 Å². The van der Waals surface area contributed by atoms with Gasteiger partial charge in [-0.1, -0.05) is 15.9 Å². The lowest BCUT2D eigenvalue weighted by Crippen LogP contribution is -1.95. The van der Waals surface area contributed by atoms with Crippen molar-refractivity contribution < 1.29 is 4.74 Å². The molecule has 0 bridgehead atoms. The molecule has 0 amide bonds. The van der Waals surface area contributed by atoms with Gasteiger partial charge >= 0.3 is 0 Å². The summed E-state index contributed by atoms with van der Waals surface area (Å²) in [6.07, 6.45) is 2.64. The van der Waals surface area contributed by atoms with Crippen LogP contribution in [-0.2, 0) is 0 Å². The Bertz CT molecular complexity index is 366. The molecule has 1 aliphatic carbocycles. The van der Waals surface area contributed by atoms with Gasteiger partial charge in [-0.15, -0.1) is 0 Å². The van der Waals surface area contributed by atoms with Crippen LogP contribution in [0.2, 0.25) is 0 Å². The smallest absolute Gasteiger partial charge is 0.122 e. The zero-order valence-electron chi connectivity index (χ0n) is 6.96. The molecule has 0 aromatic heterocycles. The standard InChI is InChI=1S/C10H8BrNO/c11-8-3-7(6-12)4-10(5-8)13-9-1-2-9/h3-5,9H,1-2H2. The summed E-state index contributed by atoms with van der Waals surface area (Å²) < 4.78 is 6.46. The van der Waals surface area contributed by atoms with E-state index in [9.17, 15) is 0 Å². The fraction of sp³-hybridized carbons (Fsp3) is 0.300. The molecule has 2 rings (SSSR count). The number of nitrogens with zero attached hydrogens (tertiary/aromatic N) is 1. The van der Waals surface area contributed by atoms with E-state index < -0.39 is 0 Å². The van der Waals surface area contributed by atoms with Crippen molar-refractivity contribution in [2.45, 2.75) is 18.9 Å². The first-order chi connectivity index (χ1) is 6.28. The molecule has 1 aliphatic rings. The predicted molar refractivity (Wildman–Crippen MR) is 52.5 cm³/mol. The van der Waals surface area contributed by atoms with Crippen LogP contribution in [0.1, 0.15) is 18.4 Å². The average molecular weight is 238 g/mol. The normalized spacial score (nSPS) is 15.1. The van der Waals surface area contributed by atoms with E-state index in [4.69, 9.17) is 10.00 Å². The van der Waals surface area contributed by atoms with Crippen LogP contribution in [0.25, 0.3) is 0 Å². The van der Waals surface area contributed by atoms with Gasteiger partial charge in [0.1, 0.15) is 5.75 Å². The molecular formula is C10H8BrNO. The molecular weight excluding hydrogens is 230 g/mol. The Labute approximate surface area is 85.3 Å². The van der Waals surface area contributed by atoms with Gasteiger partial charge in [0.15, 0.2) is 0 Å². The first-order valence-electron chi connectivity index (χ1n) is 4.15. The van der Waals surface area contributed by atoms with E-state index in [0.717, 1.165) is 23.1 Å². The number of benzene rings is 1. The summed E-state index contributed by atoms with van der Waals surface area (Å²) in [4.78, 5) is 0. The average Bonchev–Trinajstić information content (AvgIpc) is 2.87. The van der Waals surface area contributed by atoms with Gasteiger partial charge in [-0.05, 0) is 31.0 Å². The molecule has 0 N–H and O–H groups in total. The highest BCUT2D eigenvalue weighted by Gasteiger charge is 2.23. The summed E-state index contributed by atoms with van der Waals surface area (Å²) in [7, 11) is 0. The number of ether oxygens (including phenoxy) is 1. The van der Waals surface area contributed by atoms with Gasteiger partial charge < -0.3 is 4.74 Å². The highest BCUT2D eigenvalue weighted by molar-refractivity contribution is 9.10. The number of rotatable bonds is 2. The molecule has 3 heteroatoms. The van der Waals surface area contributed by atoms with Gasteiger partial charge in [-0.25, -0.2) is 0 Å². The minimum absolute atomic E-state index is 0.376. The Morgan fingerprint density at radius 3 is 2.77 bits per heavy atom. The molecule has 0 heterocycles. The minimum Gasteiger partial charge on any atom is -0.490 e. The fourth-order valence-corrected chi connectivity index (χ4v) is 1.55. The molecule has 0 radical (unpaired) electrons. The molecule has 0 unspecified atom stereocenters. The van der Waals surface area contributed by atoms with E-state index in [1.165, 1.54) is 0 Å². The van der Waals surface area contributed by atoms with Crippen LogP contribution < -0.4 is 4.74 Å². The summed E-state index contributed by atoms with van der Waals surface area (Å²) in [5, 5.41) is 8.71. The van der Waals surface area contributed by atoms with Crippen molar-refractivity contribution in [2.24, 2.45) is 0 Å². The molecule has 0 atom stereocenters. The summed E-state index contributed by atoms with van der Waals surface area (Å²) in [5.41, 5.74) is 0.630. The zero-order valence-corrected chi connectivity index (χ0v) is 8.54. The van der Waals surface area contributed by atoms with Crippen LogP contribution in [0, 0.1) is 11.3 Å². The van der Waals surface area contributed by atoms with Gasteiger partial charge in [0.25, 0.3) is 0 Å². The van der Waals surface area contributed by atoms with E-state index in [1.54, 1.807) is 12.1 Å². The Hall–Kier alpha value is -1.01. The van der Waals surface area contributed by atoms with Gasteiger partial charge in [-0.2, -0.15) is 5.26 Å². The molecule has 0 saturated heterocycles. The Balaban J connectivity index is 2.24. The molecule has 13 heavy (non-hydrogen) atoms. The van der Waals surface area contributed by atoms with Crippen LogP contribution in [0.3, 0.4) is 0 Å². The molecule has 1 saturated carbocycles. The number of hydrogen-bond donors (Lipinski definition) is 0. The highest BCUT2D eigenvalue weighted by atomic mass is 79.9. The molecule has 1 fully saturated rings. The van der Waals surface area contributed by atoms with Crippen molar-refractivity contribution in [3.05, 3.63) is 28.2 Å². The highest BCUT2D eigenvalue weighted by Crippen LogP contribution is 2.29. The third-order valence-electron chi connectivity index (χ3n) is 1.83. The van der Waals surface area contributed by atoms with Crippen LogP contribution >= 0.6 is 15.9 Å². The Morgan fingerprint density at radius 2 is 2.15 bits per heavy atom. The van der Waals surface area contributed by atoms with E-state index >= 15 is 0 Å². The monoisotopic (exact) mass is 237 g/mol. The first-order valence-corrected chi connectivity index (χ1v) is 4.94. The maximum atomic E-state index is 8.71. The van der Waals surface area contributed by atoms with Gasteiger partial charge in [-0.3, -0.25) is 0 Å². The number of nitriles is 1. The van der Waals surface area contributed by atoms with Crippen LogP contribution in [-0.4, -0.2) is 6.10 Å².